The van der Waals surface area contributed by atoms with Gasteiger partial charge in [-0.2, -0.15) is 0 Å². The Hall–Kier alpha value is -5.14. The van der Waals surface area contributed by atoms with E-state index in [1.54, 1.807) is 0 Å². The Morgan fingerprint density at radius 2 is 1.29 bits per heavy atom. The van der Waals surface area contributed by atoms with Gasteiger partial charge in [-0.3, -0.25) is 0 Å². The Morgan fingerprint density at radius 3 is 1.95 bits per heavy atom. The Balaban J connectivity index is 1.68. The van der Waals surface area contributed by atoms with Crippen LogP contribution in [0.15, 0.2) is 104 Å². The Labute approximate surface area is 247 Å². The van der Waals surface area contributed by atoms with E-state index in [4.69, 9.17) is 4.42 Å². The molecule has 0 saturated carbocycles. The molecule has 42 heavy (non-hydrogen) atoms. The molecule has 0 saturated heterocycles. The van der Waals surface area contributed by atoms with E-state index in [9.17, 15) is 0 Å². The van der Waals surface area contributed by atoms with Crippen LogP contribution in [-0.2, 0) is 6.42 Å². The molecule has 7 rings (SSSR count). The van der Waals surface area contributed by atoms with Crippen LogP contribution in [0.4, 0.5) is 0 Å². The third kappa shape index (κ3) is 3.63. The average Bonchev–Trinajstić information content (AvgIpc) is 3.43. The maximum atomic E-state index is 6.77. The lowest BCUT2D eigenvalue weighted by atomic mass is 9.80. The van der Waals surface area contributed by atoms with E-state index in [1.807, 2.05) is 24.3 Å². The molecule has 0 atom stereocenters. The van der Waals surface area contributed by atoms with Crippen LogP contribution in [0.1, 0.15) is 45.6 Å². The van der Waals surface area contributed by atoms with Gasteiger partial charge in [0.1, 0.15) is 11.3 Å². The van der Waals surface area contributed by atoms with Crippen molar-refractivity contribution in [2.45, 2.75) is 19.8 Å². The van der Waals surface area contributed by atoms with Gasteiger partial charge in [0.15, 0.2) is 0 Å². The molecule has 202 valence electrons. The molecule has 1 nitrogen and oxygen atoms in total. The zero-order valence-electron chi connectivity index (χ0n) is 24.0. The van der Waals surface area contributed by atoms with Crippen molar-refractivity contribution in [2.24, 2.45) is 0 Å². The molecule has 1 aromatic heterocycles. The standard InChI is InChI=1S/C41H32O/c1-6-27-25(5)22-23-34(28(27)7-2)38-29(8-3)30(9-4)39(33-19-13-12-18-32(33)38)36-24-26-16-10-11-17-31(26)40-35-20-14-15-21-37(35)42-41(36)40/h6-14,16-20,22-24H,1-4,15,21H2,5H3. The van der Waals surface area contributed by atoms with Crippen molar-refractivity contribution >= 4 is 62.9 Å². The second-order valence-corrected chi connectivity index (χ2v) is 10.9. The third-order valence-electron chi connectivity index (χ3n) is 8.77. The van der Waals surface area contributed by atoms with Crippen LogP contribution in [0, 0.1) is 6.92 Å². The number of benzene rings is 5. The van der Waals surface area contributed by atoms with E-state index in [0.717, 1.165) is 79.5 Å². The molecule has 0 unspecified atom stereocenters. The smallest absolute Gasteiger partial charge is 0.143 e. The number of rotatable bonds is 6. The first-order chi connectivity index (χ1) is 20.6. The molecule has 1 heterocycles. The monoisotopic (exact) mass is 540 g/mol. The summed E-state index contributed by atoms with van der Waals surface area (Å²) in [6, 6.07) is 23.9. The van der Waals surface area contributed by atoms with Gasteiger partial charge in [0.2, 0.25) is 0 Å². The first-order valence-corrected chi connectivity index (χ1v) is 14.5. The predicted molar refractivity (Wildman–Crippen MR) is 185 cm³/mol. The van der Waals surface area contributed by atoms with E-state index in [1.165, 1.54) is 27.3 Å². The van der Waals surface area contributed by atoms with Gasteiger partial charge in [-0.15, -0.1) is 0 Å². The number of allylic oxidation sites excluding steroid dienone is 1. The van der Waals surface area contributed by atoms with Crippen LogP contribution in [-0.4, -0.2) is 0 Å². The zero-order valence-corrected chi connectivity index (χ0v) is 24.0. The molecule has 1 aliphatic rings. The summed E-state index contributed by atoms with van der Waals surface area (Å²) < 4.78 is 6.77. The lowest BCUT2D eigenvalue weighted by Gasteiger charge is -2.22. The van der Waals surface area contributed by atoms with Crippen LogP contribution in [0.3, 0.4) is 0 Å². The van der Waals surface area contributed by atoms with Crippen molar-refractivity contribution in [3.8, 4) is 22.3 Å². The quantitative estimate of drug-likeness (QED) is 0.205. The summed E-state index contributed by atoms with van der Waals surface area (Å²) >= 11 is 0. The summed E-state index contributed by atoms with van der Waals surface area (Å²) in [6.45, 7) is 19.1. The molecule has 6 aromatic rings. The van der Waals surface area contributed by atoms with Gasteiger partial charge in [0, 0.05) is 28.5 Å². The lowest BCUT2D eigenvalue weighted by Crippen LogP contribution is -1.99. The average molecular weight is 541 g/mol. The van der Waals surface area contributed by atoms with E-state index in [2.05, 4.69) is 112 Å². The number of furan rings is 1. The second-order valence-electron chi connectivity index (χ2n) is 10.9. The molecule has 0 aliphatic heterocycles. The van der Waals surface area contributed by atoms with Gasteiger partial charge in [-0.25, -0.2) is 0 Å². The van der Waals surface area contributed by atoms with Crippen LogP contribution in [0.25, 0.3) is 85.1 Å². The van der Waals surface area contributed by atoms with Crippen LogP contribution < -0.4 is 0 Å². The molecule has 0 radical (unpaired) electrons. The van der Waals surface area contributed by atoms with Gasteiger partial charge in [-0.05, 0) is 79.9 Å². The SMILES string of the molecule is C=Cc1c(C)ccc(-c2c(C=C)c(C=C)c(-c3cc4ccccc4c4c5c(oc34)CCC=C5)c3ccccc23)c1C=C. The summed E-state index contributed by atoms with van der Waals surface area (Å²) in [7, 11) is 0. The first kappa shape index (κ1) is 25.8. The van der Waals surface area contributed by atoms with Crippen LogP contribution >= 0.6 is 0 Å². The van der Waals surface area contributed by atoms with Gasteiger partial charge >= 0.3 is 0 Å². The molecule has 0 amide bonds. The van der Waals surface area contributed by atoms with Crippen molar-refractivity contribution in [1.82, 2.24) is 0 Å². The Morgan fingerprint density at radius 1 is 0.667 bits per heavy atom. The zero-order chi connectivity index (χ0) is 29.0. The van der Waals surface area contributed by atoms with Gasteiger partial charge in [0.25, 0.3) is 0 Å². The van der Waals surface area contributed by atoms with Crippen molar-refractivity contribution in [3.05, 3.63) is 138 Å². The normalized spacial score (nSPS) is 12.5. The molecule has 1 heteroatoms. The lowest BCUT2D eigenvalue weighted by molar-refractivity contribution is 0.547. The minimum absolute atomic E-state index is 0.906. The molecule has 0 spiro atoms. The minimum Gasteiger partial charge on any atom is -0.460 e. The Bertz CT molecular complexity index is 2160. The molecule has 5 aromatic carbocycles. The van der Waals surface area contributed by atoms with E-state index in [0.29, 0.717) is 0 Å². The highest BCUT2D eigenvalue weighted by Crippen LogP contribution is 2.49. The van der Waals surface area contributed by atoms with Crippen LogP contribution in [0.2, 0.25) is 0 Å². The fourth-order valence-electron chi connectivity index (χ4n) is 6.92. The number of fused-ring (bicyclic) bond motifs is 6. The van der Waals surface area contributed by atoms with E-state index < -0.39 is 0 Å². The summed E-state index contributed by atoms with van der Waals surface area (Å²) in [5.74, 6) is 1.06. The molecular formula is C41H32O. The van der Waals surface area contributed by atoms with Crippen molar-refractivity contribution in [3.63, 3.8) is 0 Å². The van der Waals surface area contributed by atoms with E-state index >= 15 is 0 Å². The summed E-state index contributed by atoms with van der Waals surface area (Å²) in [4.78, 5) is 0. The second kappa shape index (κ2) is 10.0. The Kier molecular flexibility index (Phi) is 6.17. The van der Waals surface area contributed by atoms with Crippen molar-refractivity contribution < 1.29 is 4.42 Å². The van der Waals surface area contributed by atoms with Crippen molar-refractivity contribution in [1.29, 1.82) is 0 Å². The fourth-order valence-corrected chi connectivity index (χ4v) is 6.92. The molecular weight excluding hydrogens is 508 g/mol. The van der Waals surface area contributed by atoms with Crippen molar-refractivity contribution in [2.75, 3.05) is 0 Å². The summed E-state index contributed by atoms with van der Waals surface area (Å²) in [6.07, 6.45) is 14.2. The maximum Gasteiger partial charge on any atom is 0.143 e. The number of hydrogen-bond donors (Lipinski definition) is 0. The van der Waals surface area contributed by atoms with Crippen LogP contribution in [0.5, 0.6) is 0 Å². The largest absolute Gasteiger partial charge is 0.460 e. The fraction of sp³-hybridized carbons (Fsp3) is 0.0732. The first-order valence-electron chi connectivity index (χ1n) is 14.5. The molecule has 0 N–H and O–H groups in total. The van der Waals surface area contributed by atoms with E-state index in [-0.39, 0.29) is 0 Å². The molecule has 0 fully saturated rings. The topological polar surface area (TPSA) is 13.1 Å². The van der Waals surface area contributed by atoms with Gasteiger partial charge < -0.3 is 4.42 Å². The minimum atomic E-state index is 0.906. The number of aryl methyl sites for hydroxylation is 2. The van der Waals surface area contributed by atoms with Gasteiger partial charge in [0.05, 0.1) is 0 Å². The third-order valence-corrected chi connectivity index (χ3v) is 8.77. The molecule has 1 aliphatic carbocycles. The summed E-state index contributed by atoms with van der Waals surface area (Å²) in [5.41, 5.74) is 12.0. The number of hydrogen-bond acceptors (Lipinski definition) is 1. The highest BCUT2D eigenvalue weighted by molar-refractivity contribution is 6.20. The maximum absolute atomic E-state index is 6.77. The summed E-state index contributed by atoms with van der Waals surface area (Å²) in [5, 5.41) is 5.87. The highest BCUT2D eigenvalue weighted by Gasteiger charge is 2.25. The predicted octanol–water partition coefficient (Wildman–Crippen LogP) is 11.9. The molecule has 0 bridgehead atoms. The highest BCUT2D eigenvalue weighted by atomic mass is 16.3. The van der Waals surface area contributed by atoms with Gasteiger partial charge in [-0.1, -0.05) is 123 Å².